The summed E-state index contributed by atoms with van der Waals surface area (Å²) in [6, 6.07) is 5.65. The maximum atomic E-state index is 6.18. The standard InChI is InChI=1S/C14H15Cl2NOS/c15-12-7-11(1-4-17)14(13(16)8-12)18-5-2-10-3-6-19-9-10/h3,6-9H,1-2,4-5,17H2. The van der Waals surface area contributed by atoms with Crippen LogP contribution >= 0.6 is 34.5 Å². The topological polar surface area (TPSA) is 35.2 Å². The molecule has 0 aliphatic rings. The predicted octanol–water partition coefficient (Wildman–Crippen LogP) is 4.18. The van der Waals surface area contributed by atoms with Crippen LogP contribution in [0.2, 0.25) is 10.0 Å². The Morgan fingerprint density at radius 1 is 1.21 bits per heavy atom. The molecule has 1 aromatic heterocycles. The van der Waals surface area contributed by atoms with Gasteiger partial charge in [0.05, 0.1) is 11.6 Å². The van der Waals surface area contributed by atoms with Gasteiger partial charge in [0.2, 0.25) is 0 Å². The van der Waals surface area contributed by atoms with E-state index in [0.717, 1.165) is 12.0 Å². The molecule has 0 unspecified atom stereocenters. The van der Waals surface area contributed by atoms with Crippen molar-refractivity contribution in [2.45, 2.75) is 12.8 Å². The molecule has 0 saturated heterocycles. The van der Waals surface area contributed by atoms with Gasteiger partial charge in [-0.05, 0) is 53.1 Å². The van der Waals surface area contributed by atoms with Crippen LogP contribution < -0.4 is 10.5 Å². The molecule has 2 aromatic rings. The largest absolute Gasteiger partial charge is 0.491 e. The van der Waals surface area contributed by atoms with Crippen LogP contribution in [-0.4, -0.2) is 13.2 Å². The summed E-state index contributed by atoms with van der Waals surface area (Å²) in [5.74, 6) is 0.701. The fourth-order valence-electron chi connectivity index (χ4n) is 1.82. The summed E-state index contributed by atoms with van der Waals surface area (Å²) in [7, 11) is 0. The summed E-state index contributed by atoms with van der Waals surface area (Å²) in [4.78, 5) is 0. The van der Waals surface area contributed by atoms with E-state index < -0.39 is 0 Å². The molecule has 1 aromatic carbocycles. The highest BCUT2D eigenvalue weighted by Gasteiger charge is 2.10. The summed E-state index contributed by atoms with van der Waals surface area (Å²) in [6.07, 6.45) is 1.57. The van der Waals surface area contributed by atoms with Crippen LogP contribution in [-0.2, 0) is 12.8 Å². The minimum absolute atomic E-state index is 0.539. The highest BCUT2D eigenvalue weighted by atomic mass is 35.5. The molecule has 0 saturated carbocycles. The van der Waals surface area contributed by atoms with Crippen molar-refractivity contribution in [1.29, 1.82) is 0 Å². The van der Waals surface area contributed by atoms with E-state index in [1.54, 1.807) is 17.4 Å². The lowest BCUT2D eigenvalue weighted by molar-refractivity contribution is 0.319. The highest BCUT2D eigenvalue weighted by molar-refractivity contribution is 7.07. The van der Waals surface area contributed by atoms with E-state index in [2.05, 4.69) is 16.8 Å². The third kappa shape index (κ3) is 4.11. The maximum absolute atomic E-state index is 6.18. The molecule has 0 aliphatic heterocycles. The van der Waals surface area contributed by atoms with Crippen molar-refractivity contribution in [2.24, 2.45) is 5.73 Å². The first-order chi connectivity index (χ1) is 9.20. The van der Waals surface area contributed by atoms with Crippen molar-refractivity contribution in [1.82, 2.24) is 0 Å². The summed E-state index contributed by atoms with van der Waals surface area (Å²) in [6.45, 7) is 1.13. The van der Waals surface area contributed by atoms with Crippen LogP contribution in [0.15, 0.2) is 29.0 Å². The second kappa shape index (κ2) is 7.15. The zero-order valence-electron chi connectivity index (χ0n) is 10.4. The van der Waals surface area contributed by atoms with Gasteiger partial charge in [-0.1, -0.05) is 23.2 Å². The van der Waals surface area contributed by atoms with Crippen molar-refractivity contribution in [3.05, 3.63) is 50.1 Å². The van der Waals surface area contributed by atoms with Gasteiger partial charge in [-0.3, -0.25) is 0 Å². The van der Waals surface area contributed by atoms with E-state index in [-0.39, 0.29) is 0 Å². The van der Waals surface area contributed by atoms with E-state index in [1.807, 2.05) is 6.07 Å². The van der Waals surface area contributed by atoms with Crippen LogP contribution in [0.3, 0.4) is 0 Å². The van der Waals surface area contributed by atoms with Crippen LogP contribution in [0, 0.1) is 0 Å². The van der Waals surface area contributed by atoms with Gasteiger partial charge in [-0.15, -0.1) is 0 Å². The minimum Gasteiger partial charge on any atom is -0.491 e. The number of thiophene rings is 1. The summed E-state index contributed by atoms with van der Waals surface area (Å²) >= 11 is 13.9. The lowest BCUT2D eigenvalue weighted by Crippen LogP contribution is -2.07. The molecule has 0 radical (unpaired) electrons. The van der Waals surface area contributed by atoms with E-state index in [4.69, 9.17) is 33.7 Å². The third-order valence-corrected chi connectivity index (χ3v) is 3.95. The average Bonchev–Trinajstić information content (AvgIpc) is 2.86. The molecule has 19 heavy (non-hydrogen) atoms. The smallest absolute Gasteiger partial charge is 0.141 e. The molecule has 0 aliphatic carbocycles. The van der Waals surface area contributed by atoms with E-state index in [0.29, 0.717) is 35.4 Å². The number of rotatable bonds is 6. The Morgan fingerprint density at radius 2 is 2.05 bits per heavy atom. The maximum Gasteiger partial charge on any atom is 0.141 e. The molecular formula is C14H15Cl2NOS. The van der Waals surface area contributed by atoms with E-state index in [1.165, 1.54) is 5.56 Å². The molecule has 1 heterocycles. The molecule has 0 atom stereocenters. The molecular weight excluding hydrogens is 301 g/mol. The fourth-order valence-corrected chi connectivity index (χ4v) is 3.12. The average molecular weight is 316 g/mol. The van der Waals surface area contributed by atoms with Crippen LogP contribution in [0.1, 0.15) is 11.1 Å². The Bertz CT molecular complexity index is 528. The molecule has 2 nitrogen and oxygen atoms in total. The first-order valence-corrected chi connectivity index (χ1v) is 7.72. The molecule has 0 amide bonds. The number of halogens is 2. The predicted molar refractivity (Wildman–Crippen MR) is 82.7 cm³/mol. The molecule has 0 spiro atoms. The minimum atomic E-state index is 0.539. The molecule has 2 rings (SSSR count). The highest BCUT2D eigenvalue weighted by Crippen LogP contribution is 2.32. The van der Waals surface area contributed by atoms with Gasteiger partial charge in [0.25, 0.3) is 0 Å². The van der Waals surface area contributed by atoms with Gasteiger partial charge >= 0.3 is 0 Å². The Morgan fingerprint density at radius 3 is 2.74 bits per heavy atom. The van der Waals surface area contributed by atoms with Crippen molar-refractivity contribution in [3.8, 4) is 5.75 Å². The number of hydrogen-bond donors (Lipinski definition) is 1. The van der Waals surface area contributed by atoms with Crippen molar-refractivity contribution in [3.63, 3.8) is 0 Å². The molecule has 102 valence electrons. The molecule has 5 heteroatoms. The zero-order chi connectivity index (χ0) is 13.7. The van der Waals surface area contributed by atoms with Crippen LogP contribution in [0.4, 0.5) is 0 Å². The van der Waals surface area contributed by atoms with Gasteiger partial charge in [-0.25, -0.2) is 0 Å². The lowest BCUT2D eigenvalue weighted by atomic mass is 10.1. The van der Waals surface area contributed by atoms with Gasteiger partial charge in [0.1, 0.15) is 5.75 Å². The normalized spacial score (nSPS) is 10.7. The Balaban J connectivity index is 2.05. The molecule has 0 bridgehead atoms. The number of nitrogens with two attached hydrogens (primary N) is 1. The fraction of sp³-hybridized carbons (Fsp3) is 0.286. The Hall–Kier alpha value is -0.740. The second-order valence-corrected chi connectivity index (χ2v) is 5.77. The Labute approximate surface area is 127 Å². The summed E-state index contributed by atoms with van der Waals surface area (Å²) in [5, 5.41) is 5.33. The zero-order valence-corrected chi connectivity index (χ0v) is 12.7. The lowest BCUT2D eigenvalue weighted by Gasteiger charge is -2.13. The van der Waals surface area contributed by atoms with Crippen LogP contribution in [0.5, 0.6) is 5.75 Å². The summed E-state index contributed by atoms with van der Waals surface area (Å²) in [5.41, 5.74) is 7.83. The summed E-state index contributed by atoms with van der Waals surface area (Å²) < 4.78 is 5.81. The number of benzene rings is 1. The van der Waals surface area contributed by atoms with Gasteiger partial charge in [-0.2, -0.15) is 11.3 Å². The SMILES string of the molecule is NCCc1cc(Cl)cc(Cl)c1OCCc1ccsc1. The number of ether oxygens (including phenoxy) is 1. The second-order valence-electron chi connectivity index (χ2n) is 4.14. The van der Waals surface area contributed by atoms with Crippen molar-refractivity contribution < 1.29 is 4.74 Å². The third-order valence-electron chi connectivity index (χ3n) is 2.72. The number of hydrogen-bond acceptors (Lipinski definition) is 3. The van der Waals surface area contributed by atoms with Crippen molar-refractivity contribution >= 4 is 34.5 Å². The molecule has 2 N–H and O–H groups in total. The van der Waals surface area contributed by atoms with Gasteiger partial charge in [0, 0.05) is 11.4 Å². The Kier molecular flexibility index (Phi) is 5.52. The van der Waals surface area contributed by atoms with Crippen LogP contribution in [0.25, 0.3) is 0 Å². The van der Waals surface area contributed by atoms with Gasteiger partial charge < -0.3 is 10.5 Å². The van der Waals surface area contributed by atoms with E-state index >= 15 is 0 Å². The van der Waals surface area contributed by atoms with Crippen molar-refractivity contribution in [2.75, 3.05) is 13.2 Å². The first-order valence-electron chi connectivity index (χ1n) is 6.02. The van der Waals surface area contributed by atoms with Gasteiger partial charge in [0.15, 0.2) is 0 Å². The van der Waals surface area contributed by atoms with E-state index in [9.17, 15) is 0 Å². The monoisotopic (exact) mass is 315 g/mol. The molecule has 0 fully saturated rings. The quantitative estimate of drug-likeness (QED) is 0.868. The first kappa shape index (κ1) is 14.7.